The Morgan fingerprint density at radius 3 is 2.57 bits per heavy atom. The molecule has 1 unspecified atom stereocenters. The summed E-state index contributed by atoms with van der Waals surface area (Å²) in [4.78, 5) is 11.7. The van der Waals surface area contributed by atoms with Gasteiger partial charge in [0.1, 0.15) is 17.5 Å². The van der Waals surface area contributed by atoms with E-state index in [2.05, 4.69) is 44.8 Å². The van der Waals surface area contributed by atoms with E-state index in [1.165, 1.54) is 0 Å². The molecule has 1 aliphatic rings. The monoisotopic (exact) mass is 292 g/mol. The largest absolute Gasteiger partial charge is 0.391 e. The third-order valence-electron chi connectivity index (χ3n) is 3.80. The second kappa shape index (κ2) is 6.18. The number of aromatic nitrogens is 2. The van der Waals surface area contributed by atoms with Gasteiger partial charge >= 0.3 is 0 Å². The highest BCUT2D eigenvalue weighted by molar-refractivity contribution is 5.59. The number of rotatable bonds is 4. The molecule has 2 rings (SSSR count). The van der Waals surface area contributed by atoms with E-state index in [0.717, 1.165) is 49.0 Å². The molecule has 1 aliphatic heterocycles. The van der Waals surface area contributed by atoms with Crippen LogP contribution >= 0.6 is 0 Å². The van der Waals surface area contributed by atoms with Gasteiger partial charge in [-0.1, -0.05) is 27.7 Å². The van der Waals surface area contributed by atoms with Crippen molar-refractivity contribution in [3.63, 3.8) is 0 Å². The normalized spacial score (nSPS) is 19.1. The maximum atomic E-state index is 9.79. The third-order valence-corrected chi connectivity index (χ3v) is 3.80. The van der Waals surface area contributed by atoms with Crippen LogP contribution in [0.4, 0.5) is 11.6 Å². The molecule has 0 spiro atoms. The number of β-amino-alcohol motifs (C(OH)–C–C–N with tert-alkyl or cyclic N) is 1. The van der Waals surface area contributed by atoms with E-state index in [4.69, 9.17) is 9.97 Å². The Labute approximate surface area is 127 Å². The van der Waals surface area contributed by atoms with Crippen LogP contribution < -0.4 is 10.2 Å². The van der Waals surface area contributed by atoms with E-state index in [1.54, 1.807) is 0 Å². The van der Waals surface area contributed by atoms with Gasteiger partial charge in [0.25, 0.3) is 0 Å². The van der Waals surface area contributed by atoms with Crippen molar-refractivity contribution in [2.75, 3.05) is 29.9 Å². The average Bonchev–Trinajstić information content (AvgIpc) is 2.82. The third kappa shape index (κ3) is 3.64. The van der Waals surface area contributed by atoms with Gasteiger partial charge < -0.3 is 15.3 Å². The molecule has 5 nitrogen and oxygen atoms in total. The summed E-state index contributed by atoms with van der Waals surface area (Å²) in [6.07, 6.45) is 1.63. The first-order valence-corrected chi connectivity index (χ1v) is 7.89. The lowest BCUT2D eigenvalue weighted by atomic mass is 9.95. The van der Waals surface area contributed by atoms with Gasteiger partial charge in [0.2, 0.25) is 0 Å². The first-order valence-electron chi connectivity index (χ1n) is 7.89. The smallest absolute Gasteiger partial charge is 0.138 e. The molecule has 0 radical (unpaired) electrons. The van der Waals surface area contributed by atoms with Crippen LogP contribution in [0.2, 0.25) is 0 Å². The van der Waals surface area contributed by atoms with Gasteiger partial charge in [-0.25, -0.2) is 9.97 Å². The van der Waals surface area contributed by atoms with Gasteiger partial charge in [-0.2, -0.15) is 0 Å². The van der Waals surface area contributed by atoms with E-state index in [1.807, 2.05) is 0 Å². The minimum Gasteiger partial charge on any atom is -0.391 e. The molecular formula is C16H28N4O. The zero-order valence-electron chi connectivity index (χ0n) is 13.9. The van der Waals surface area contributed by atoms with E-state index < -0.39 is 0 Å². The number of aliphatic hydroxyl groups excluding tert-OH is 1. The average molecular weight is 292 g/mol. The Morgan fingerprint density at radius 2 is 2.05 bits per heavy atom. The topological polar surface area (TPSA) is 61.3 Å². The summed E-state index contributed by atoms with van der Waals surface area (Å²) >= 11 is 0. The predicted octanol–water partition coefficient (Wildman–Crippen LogP) is 2.48. The van der Waals surface area contributed by atoms with Crippen molar-refractivity contribution in [3.05, 3.63) is 11.4 Å². The molecule has 2 heterocycles. The Balaban J connectivity index is 2.42. The van der Waals surface area contributed by atoms with Crippen LogP contribution in [0.5, 0.6) is 0 Å². The zero-order valence-corrected chi connectivity index (χ0v) is 13.9. The molecule has 0 amide bonds. The SMILES string of the molecule is CCCNc1nc(C(C)(C)C)nc(N2CCC(O)C2)c1C. The Hall–Kier alpha value is -1.36. The summed E-state index contributed by atoms with van der Waals surface area (Å²) in [6, 6.07) is 0. The molecule has 0 bridgehead atoms. The van der Waals surface area contributed by atoms with Crippen LogP contribution in [0.1, 0.15) is 51.9 Å². The Kier molecular flexibility index (Phi) is 4.71. The molecule has 0 saturated carbocycles. The fourth-order valence-electron chi connectivity index (χ4n) is 2.50. The van der Waals surface area contributed by atoms with Crippen molar-refractivity contribution in [2.24, 2.45) is 0 Å². The van der Waals surface area contributed by atoms with Crippen LogP contribution in [-0.4, -0.2) is 40.8 Å². The summed E-state index contributed by atoms with van der Waals surface area (Å²) < 4.78 is 0. The van der Waals surface area contributed by atoms with Gasteiger partial charge in [0.15, 0.2) is 0 Å². The summed E-state index contributed by atoms with van der Waals surface area (Å²) in [5, 5.41) is 13.2. The number of anilines is 2. The van der Waals surface area contributed by atoms with Crippen molar-refractivity contribution in [1.29, 1.82) is 0 Å². The fourth-order valence-corrected chi connectivity index (χ4v) is 2.50. The van der Waals surface area contributed by atoms with Gasteiger partial charge in [-0.3, -0.25) is 0 Å². The molecule has 1 aromatic rings. The zero-order chi connectivity index (χ0) is 15.6. The lowest BCUT2D eigenvalue weighted by Gasteiger charge is -2.25. The van der Waals surface area contributed by atoms with E-state index in [9.17, 15) is 5.11 Å². The predicted molar refractivity (Wildman–Crippen MR) is 87.1 cm³/mol. The number of hydrogen-bond acceptors (Lipinski definition) is 5. The molecule has 0 aromatic carbocycles. The number of nitrogens with zero attached hydrogens (tertiary/aromatic N) is 3. The van der Waals surface area contributed by atoms with E-state index in [-0.39, 0.29) is 11.5 Å². The van der Waals surface area contributed by atoms with Gasteiger partial charge in [0, 0.05) is 30.6 Å². The molecule has 1 saturated heterocycles. The molecular weight excluding hydrogens is 264 g/mol. The number of aliphatic hydroxyl groups is 1. The van der Waals surface area contributed by atoms with Crippen molar-refractivity contribution in [1.82, 2.24) is 9.97 Å². The molecule has 1 atom stereocenters. The minimum absolute atomic E-state index is 0.0938. The number of hydrogen-bond donors (Lipinski definition) is 2. The first kappa shape index (κ1) is 16.0. The maximum absolute atomic E-state index is 9.79. The fraction of sp³-hybridized carbons (Fsp3) is 0.750. The quantitative estimate of drug-likeness (QED) is 0.892. The first-order chi connectivity index (χ1) is 9.82. The Bertz CT molecular complexity index is 496. The second-order valence-corrected chi connectivity index (χ2v) is 6.91. The molecule has 1 aromatic heterocycles. The lowest BCUT2D eigenvalue weighted by Crippen LogP contribution is -2.27. The van der Waals surface area contributed by atoms with E-state index >= 15 is 0 Å². The van der Waals surface area contributed by atoms with Crippen molar-refractivity contribution >= 4 is 11.6 Å². The Morgan fingerprint density at radius 1 is 1.33 bits per heavy atom. The lowest BCUT2D eigenvalue weighted by molar-refractivity contribution is 0.198. The summed E-state index contributed by atoms with van der Waals surface area (Å²) in [5.74, 6) is 2.74. The van der Waals surface area contributed by atoms with Crippen LogP contribution in [0.3, 0.4) is 0 Å². The van der Waals surface area contributed by atoms with Gasteiger partial charge in [-0.15, -0.1) is 0 Å². The molecule has 21 heavy (non-hydrogen) atoms. The van der Waals surface area contributed by atoms with Crippen LogP contribution in [0.15, 0.2) is 0 Å². The van der Waals surface area contributed by atoms with Crippen LogP contribution in [0.25, 0.3) is 0 Å². The van der Waals surface area contributed by atoms with Crippen molar-refractivity contribution < 1.29 is 5.11 Å². The molecule has 5 heteroatoms. The van der Waals surface area contributed by atoms with E-state index in [0.29, 0.717) is 6.54 Å². The standard InChI is InChI=1S/C16H28N4O/c1-6-8-17-13-11(2)14(20-9-7-12(21)10-20)19-15(18-13)16(3,4)5/h12,21H,6-10H2,1-5H3,(H,17,18,19). The summed E-state index contributed by atoms with van der Waals surface area (Å²) in [7, 11) is 0. The van der Waals surface area contributed by atoms with Gasteiger partial charge in [-0.05, 0) is 19.8 Å². The highest BCUT2D eigenvalue weighted by Gasteiger charge is 2.27. The van der Waals surface area contributed by atoms with Crippen molar-refractivity contribution in [3.8, 4) is 0 Å². The minimum atomic E-state index is -0.246. The molecule has 0 aliphatic carbocycles. The summed E-state index contributed by atoms with van der Waals surface area (Å²) in [6.45, 7) is 13.0. The second-order valence-electron chi connectivity index (χ2n) is 6.91. The highest BCUT2D eigenvalue weighted by atomic mass is 16.3. The van der Waals surface area contributed by atoms with Crippen LogP contribution in [0, 0.1) is 6.92 Å². The number of nitrogens with one attached hydrogen (secondary N) is 1. The van der Waals surface area contributed by atoms with Gasteiger partial charge in [0.05, 0.1) is 6.10 Å². The molecule has 2 N–H and O–H groups in total. The maximum Gasteiger partial charge on any atom is 0.138 e. The summed E-state index contributed by atoms with van der Waals surface area (Å²) in [5.41, 5.74) is 0.981. The highest BCUT2D eigenvalue weighted by Crippen LogP contribution is 2.30. The molecule has 118 valence electrons. The van der Waals surface area contributed by atoms with Crippen molar-refractivity contribution in [2.45, 2.75) is 59.0 Å². The molecule has 1 fully saturated rings. The van der Waals surface area contributed by atoms with Crippen LogP contribution in [-0.2, 0) is 5.41 Å².